The van der Waals surface area contributed by atoms with E-state index in [-0.39, 0.29) is 24.0 Å². The smallest absolute Gasteiger partial charge is 0.257 e. The van der Waals surface area contributed by atoms with Crippen molar-refractivity contribution in [3.63, 3.8) is 0 Å². The van der Waals surface area contributed by atoms with Crippen LogP contribution in [-0.2, 0) is 6.54 Å². The Morgan fingerprint density at radius 3 is 2.44 bits per heavy atom. The van der Waals surface area contributed by atoms with Crippen LogP contribution in [0.1, 0.15) is 36.7 Å². The number of likely N-dealkylation sites (N-methyl/N-ethyl adjacent to an activating group) is 1. The Hall–Kier alpha value is -4.24. The summed E-state index contributed by atoms with van der Waals surface area (Å²) in [6, 6.07) is 23.5. The van der Waals surface area contributed by atoms with Crippen molar-refractivity contribution in [2.75, 3.05) is 20.1 Å². The van der Waals surface area contributed by atoms with E-state index in [2.05, 4.69) is 51.6 Å². The Morgan fingerprint density at radius 1 is 1.03 bits per heavy atom. The first-order valence-electron chi connectivity index (χ1n) is 13.2. The number of aromatic amines is 1. The van der Waals surface area contributed by atoms with Gasteiger partial charge >= 0.3 is 0 Å². The molecule has 2 heterocycles. The molecule has 1 amide bonds. The summed E-state index contributed by atoms with van der Waals surface area (Å²) in [4.78, 5) is 17.7. The minimum absolute atomic E-state index is 0.0507. The van der Waals surface area contributed by atoms with Crippen molar-refractivity contribution in [1.82, 2.24) is 30.4 Å². The monoisotopic (exact) mass is 526 g/mol. The topological polar surface area (TPSA) is 96.5 Å². The quantitative estimate of drug-likeness (QED) is 0.344. The second-order valence-electron chi connectivity index (χ2n) is 10.4. The number of ether oxygens (including phenoxy) is 2. The molecule has 0 bridgehead atoms. The van der Waals surface area contributed by atoms with Gasteiger partial charge in [-0.2, -0.15) is 5.21 Å². The molecule has 0 unspecified atom stereocenters. The van der Waals surface area contributed by atoms with Gasteiger partial charge in [0, 0.05) is 31.6 Å². The molecular formula is C30H34N6O3. The summed E-state index contributed by atoms with van der Waals surface area (Å²) in [5.74, 6) is 2.55. The Bertz CT molecular complexity index is 1380. The largest absolute Gasteiger partial charge is 0.487 e. The number of tetrazole rings is 1. The van der Waals surface area contributed by atoms with E-state index < -0.39 is 0 Å². The predicted molar refractivity (Wildman–Crippen MR) is 149 cm³/mol. The number of H-pyrrole nitrogens is 1. The zero-order valence-electron chi connectivity index (χ0n) is 22.7. The Balaban J connectivity index is 1.35. The van der Waals surface area contributed by atoms with Crippen LogP contribution in [0.4, 0.5) is 0 Å². The fraction of sp³-hybridized carbons (Fsp3) is 0.333. The lowest BCUT2D eigenvalue weighted by Gasteiger charge is -2.38. The maximum absolute atomic E-state index is 13.6. The minimum Gasteiger partial charge on any atom is -0.487 e. The standard InChI is InChI=1S/C30H34N6O3/c1-20(2)36-17-21(3)27(39-28-25(29-31-33-34-32-29)11-8-12-26(28)30(36)37)19-35(4)18-22-13-15-24(16-14-22)38-23-9-6-5-7-10-23/h5-16,20-21,27H,17-19H2,1-4H3,(H,31,32,33,34)/t21-,27+/m0/s1. The number of nitrogens with zero attached hydrogens (tertiary/aromatic N) is 5. The molecule has 3 aromatic carbocycles. The molecule has 4 aromatic rings. The van der Waals surface area contributed by atoms with Crippen LogP contribution in [0.5, 0.6) is 17.2 Å². The first kappa shape index (κ1) is 26.4. The summed E-state index contributed by atoms with van der Waals surface area (Å²) >= 11 is 0. The molecule has 9 nitrogen and oxygen atoms in total. The van der Waals surface area contributed by atoms with E-state index in [1.807, 2.05) is 79.4 Å². The molecule has 0 fully saturated rings. The molecule has 0 aliphatic carbocycles. The maximum atomic E-state index is 13.6. The van der Waals surface area contributed by atoms with Gasteiger partial charge in [-0.3, -0.25) is 9.69 Å². The molecule has 0 radical (unpaired) electrons. The van der Waals surface area contributed by atoms with Gasteiger partial charge in [0.25, 0.3) is 5.91 Å². The zero-order valence-corrected chi connectivity index (χ0v) is 22.7. The minimum atomic E-state index is -0.170. The van der Waals surface area contributed by atoms with Gasteiger partial charge in [0.05, 0.1) is 11.1 Å². The third kappa shape index (κ3) is 6.09. The van der Waals surface area contributed by atoms with Crippen LogP contribution in [0.15, 0.2) is 72.8 Å². The summed E-state index contributed by atoms with van der Waals surface area (Å²) in [5.41, 5.74) is 2.33. The molecule has 9 heteroatoms. The lowest BCUT2D eigenvalue weighted by atomic mass is 9.98. The fourth-order valence-electron chi connectivity index (χ4n) is 4.85. The highest BCUT2D eigenvalue weighted by atomic mass is 16.5. The van der Waals surface area contributed by atoms with Crippen LogP contribution in [0.3, 0.4) is 0 Å². The van der Waals surface area contributed by atoms with Gasteiger partial charge in [-0.15, -0.1) is 10.2 Å². The second-order valence-corrected chi connectivity index (χ2v) is 10.4. The third-order valence-corrected chi connectivity index (χ3v) is 6.95. The molecule has 39 heavy (non-hydrogen) atoms. The van der Waals surface area contributed by atoms with Crippen molar-refractivity contribution in [2.45, 2.75) is 39.5 Å². The SMILES string of the molecule is CC(C)N1C[C@H](C)[C@@H](CN(C)Cc2ccc(Oc3ccccc3)cc2)Oc2c(cccc2-c2nn[nH]n2)C1=O. The molecule has 1 aromatic heterocycles. The van der Waals surface area contributed by atoms with Gasteiger partial charge in [-0.25, -0.2) is 0 Å². The van der Waals surface area contributed by atoms with Crippen molar-refractivity contribution in [3.05, 3.63) is 83.9 Å². The molecule has 1 aliphatic heterocycles. The normalized spacial score (nSPS) is 17.5. The lowest BCUT2D eigenvalue weighted by Crippen LogP contribution is -2.48. The van der Waals surface area contributed by atoms with Gasteiger partial charge in [0.2, 0.25) is 5.82 Å². The van der Waals surface area contributed by atoms with E-state index in [4.69, 9.17) is 9.47 Å². The van der Waals surface area contributed by atoms with Gasteiger partial charge in [0.15, 0.2) is 0 Å². The summed E-state index contributed by atoms with van der Waals surface area (Å²) in [6.45, 7) is 8.24. The first-order valence-corrected chi connectivity index (χ1v) is 13.2. The summed E-state index contributed by atoms with van der Waals surface area (Å²) in [6.07, 6.45) is -0.170. The van der Waals surface area contributed by atoms with E-state index in [0.29, 0.717) is 35.8 Å². The van der Waals surface area contributed by atoms with Crippen LogP contribution < -0.4 is 9.47 Å². The predicted octanol–water partition coefficient (Wildman–Crippen LogP) is 5.04. The highest BCUT2D eigenvalue weighted by Gasteiger charge is 2.34. The molecule has 1 N–H and O–H groups in total. The summed E-state index contributed by atoms with van der Waals surface area (Å²) in [7, 11) is 2.08. The molecule has 0 spiro atoms. The highest BCUT2D eigenvalue weighted by Crippen LogP contribution is 2.36. The van der Waals surface area contributed by atoms with E-state index in [9.17, 15) is 4.79 Å². The number of hydrogen-bond acceptors (Lipinski definition) is 7. The Labute approximate surface area is 228 Å². The van der Waals surface area contributed by atoms with Crippen molar-refractivity contribution in [2.24, 2.45) is 5.92 Å². The number of benzene rings is 3. The van der Waals surface area contributed by atoms with E-state index in [1.165, 1.54) is 5.56 Å². The van der Waals surface area contributed by atoms with Crippen LogP contribution in [0, 0.1) is 5.92 Å². The van der Waals surface area contributed by atoms with Crippen molar-refractivity contribution < 1.29 is 14.3 Å². The second kappa shape index (κ2) is 11.7. The van der Waals surface area contributed by atoms with Crippen LogP contribution in [-0.4, -0.2) is 68.6 Å². The molecule has 2 atom stereocenters. The van der Waals surface area contributed by atoms with Crippen molar-refractivity contribution >= 4 is 5.91 Å². The number of nitrogens with one attached hydrogen (secondary N) is 1. The van der Waals surface area contributed by atoms with Crippen molar-refractivity contribution in [1.29, 1.82) is 0 Å². The van der Waals surface area contributed by atoms with Gasteiger partial charge < -0.3 is 14.4 Å². The maximum Gasteiger partial charge on any atom is 0.257 e. The highest BCUT2D eigenvalue weighted by molar-refractivity contribution is 5.99. The molecule has 0 saturated carbocycles. The molecule has 202 valence electrons. The number of carbonyl (C=O) groups excluding carboxylic acids is 1. The molecule has 5 rings (SSSR count). The van der Waals surface area contributed by atoms with E-state index in [1.54, 1.807) is 0 Å². The number of aromatic nitrogens is 4. The van der Waals surface area contributed by atoms with Crippen LogP contribution in [0.25, 0.3) is 11.4 Å². The van der Waals surface area contributed by atoms with E-state index >= 15 is 0 Å². The number of amides is 1. The number of rotatable bonds is 8. The van der Waals surface area contributed by atoms with E-state index in [0.717, 1.165) is 18.0 Å². The molecule has 0 saturated heterocycles. The van der Waals surface area contributed by atoms with Gasteiger partial charge in [-0.1, -0.05) is 43.3 Å². The number of carbonyl (C=O) groups is 1. The van der Waals surface area contributed by atoms with Gasteiger partial charge in [0.1, 0.15) is 23.4 Å². The lowest BCUT2D eigenvalue weighted by molar-refractivity contribution is 0.0433. The first-order chi connectivity index (χ1) is 18.9. The Kier molecular flexibility index (Phi) is 7.88. The van der Waals surface area contributed by atoms with Gasteiger partial charge in [-0.05, 0) is 68.1 Å². The van der Waals surface area contributed by atoms with Crippen molar-refractivity contribution in [3.8, 4) is 28.6 Å². The average molecular weight is 527 g/mol. The number of para-hydroxylation sites is 2. The Morgan fingerprint density at radius 2 is 1.74 bits per heavy atom. The van der Waals surface area contributed by atoms with Crippen LogP contribution in [0.2, 0.25) is 0 Å². The zero-order chi connectivity index (χ0) is 27.4. The average Bonchev–Trinajstić information content (AvgIpc) is 3.47. The summed E-state index contributed by atoms with van der Waals surface area (Å²) < 4.78 is 12.6. The third-order valence-electron chi connectivity index (χ3n) is 6.95. The number of hydrogen-bond donors (Lipinski definition) is 1. The van der Waals surface area contributed by atoms with Crippen LogP contribution >= 0.6 is 0 Å². The fourth-order valence-corrected chi connectivity index (χ4v) is 4.85. The summed E-state index contributed by atoms with van der Waals surface area (Å²) in [5, 5.41) is 14.5. The number of fused-ring (bicyclic) bond motifs is 1. The molecular weight excluding hydrogens is 492 g/mol. The molecule has 1 aliphatic rings.